The van der Waals surface area contributed by atoms with Crippen LogP contribution in [0.4, 0.5) is 8.78 Å². The van der Waals surface area contributed by atoms with E-state index in [-0.39, 0.29) is 24.1 Å². The van der Waals surface area contributed by atoms with Crippen LogP contribution in [0.1, 0.15) is 72.6 Å². The zero-order valence-corrected chi connectivity index (χ0v) is 15.3. The van der Waals surface area contributed by atoms with Crippen molar-refractivity contribution in [3.63, 3.8) is 0 Å². The lowest BCUT2D eigenvalue weighted by molar-refractivity contribution is -0.143. The molecule has 0 aromatic carbocycles. The largest absolute Gasteiger partial charge is 0.465 e. The first kappa shape index (κ1) is 21.7. The molecule has 0 fully saturated rings. The molecule has 22 heavy (non-hydrogen) atoms. The third-order valence-electron chi connectivity index (χ3n) is 3.46. The summed E-state index contributed by atoms with van der Waals surface area (Å²) >= 11 is 1.55. The van der Waals surface area contributed by atoms with E-state index < -0.39 is 5.92 Å². The normalized spacial score (nSPS) is 13.4. The van der Waals surface area contributed by atoms with Crippen molar-refractivity contribution < 1.29 is 18.3 Å². The minimum Gasteiger partial charge on any atom is -0.465 e. The van der Waals surface area contributed by atoms with E-state index in [1.807, 2.05) is 0 Å². The van der Waals surface area contributed by atoms with Crippen molar-refractivity contribution in [2.24, 2.45) is 5.92 Å². The second-order valence-corrected chi connectivity index (χ2v) is 7.49. The van der Waals surface area contributed by atoms with Crippen LogP contribution in [0.15, 0.2) is 0 Å². The molecule has 0 rings (SSSR count). The van der Waals surface area contributed by atoms with Gasteiger partial charge in [-0.1, -0.05) is 34.1 Å². The predicted octanol–water partition coefficient (Wildman–Crippen LogP) is 5.69. The number of hydrogen-bond acceptors (Lipinski definition) is 3. The van der Waals surface area contributed by atoms with Gasteiger partial charge in [0.1, 0.15) is 5.25 Å². The fourth-order valence-electron chi connectivity index (χ4n) is 1.96. The number of unbranched alkanes of at least 4 members (excludes halogenated alkanes) is 2. The van der Waals surface area contributed by atoms with Gasteiger partial charge in [0.25, 0.3) is 0 Å². The van der Waals surface area contributed by atoms with Gasteiger partial charge in [-0.2, -0.15) is 0 Å². The molecule has 0 spiro atoms. The van der Waals surface area contributed by atoms with Gasteiger partial charge in [0.15, 0.2) is 0 Å². The molecule has 132 valence electrons. The van der Waals surface area contributed by atoms with E-state index in [1.54, 1.807) is 11.8 Å². The maximum Gasteiger partial charge on any atom is 0.319 e. The van der Waals surface area contributed by atoms with E-state index in [4.69, 9.17) is 4.74 Å². The topological polar surface area (TPSA) is 26.3 Å². The molecule has 0 aliphatic heterocycles. The van der Waals surface area contributed by atoms with Crippen LogP contribution in [0.25, 0.3) is 0 Å². The number of hydrogen-bond donors (Lipinski definition) is 0. The van der Waals surface area contributed by atoms with Gasteiger partial charge in [0.2, 0.25) is 5.92 Å². The van der Waals surface area contributed by atoms with Crippen LogP contribution in [0, 0.1) is 5.92 Å². The molecule has 0 saturated carbocycles. The van der Waals surface area contributed by atoms with E-state index in [0.717, 1.165) is 31.4 Å². The Balaban J connectivity index is 4.06. The molecule has 0 radical (unpaired) electrons. The number of rotatable bonds is 13. The van der Waals surface area contributed by atoms with Gasteiger partial charge < -0.3 is 4.74 Å². The summed E-state index contributed by atoms with van der Waals surface area (Å²) in [5.74, 6) is -1.53. The molecule has 0 N–H and O–H groups in total. The third-order valence-corrected chi connectivity index (χ3v) is 4.78. The van der Waals surface area contributed by atoms with Crippen LogP contribution in [0.5, 0.6) is 0 Å². The average Bonchev–Trinajstić information content (AvgIpc) is 2.45. The first-order valence-corrected chi connectivity index (χ1v) is 9.53. The maximum absolute atomic E-state index is 13.1. The first-order chi connectivity index (χ1) is 10.3. The SMILES string of the molecule is CCCCOC(=O)C(CC(C)C)SCCCCC(F)(F)CC. The van der Waals surface area contributed by atoms with Gasteiger partial charge in [0, 0.05) is 12.8 Å². The van der Waals surface area contributed by atoms with Crippen molar-refractivity contribution in [2.75, 3.05) is 12.4 Å². The summed E-state index contributed by atoms with van der Waals surface area (Å²) < 4.78 is 31.6. The number of esters is 1. The fourth-order valence-corrected chi connectivity index (χ4v) is 3.34. The second kappa shape index (κ2) is 12.1. The van der Waals surface area contributed by atoms with Gasteiger partial charge >= 0.3 is 5.97 Å². The van der Waals surface area contributed by atoms with E-state index in [0.29, 0.717) is 18.9 Å². The quantitative estimate of drug-likeness (QED) is 0.318. The molecule has 0 amide bonds. The molecule has 5 heteroatoms. The van der Waals surface area contributed by atoms with Crippen LogP contribution in [0.2, 0.25) is 0 Å². The summed E-state index contributed by atoms with van der Waals surface area (Å²) in [7, 11) is 0. The number of halogens is 2. The number of carbonyl (C=O) groups is 1. The molecular weight excluding hydrogens is 306 g/mol. The molecule has 1 unspecified atom stereocenters. The number of ether oxygens (including phenoxy) is 1. The van der Waals surface area contributed by atoms with Gasteiger partial charge in [-0.3, -0.25) is 4.79 Å². The summed E-state index contributed by atoms with van der Waals surface area (Å²) in [5.41, 5.74) is 0. The zero-order chi connectivity index (χ0) is 17.0. The van der Waals surface area contributed by atoms with Crippen LogP contribution in [0.3, 0.4) is 0 Å². The summed E-state index contributed by atoms with van der Waals surface area (Å²) in [6.07, 6.45) is 3.74. The van der Waals surface area contributed by atoms with Gasteiger partial charge in [-0.25, -0.2) is 8.78 Å². The van der Waals surface area contributed by atoms with E-state index in [9.17, 15) is 13.6 Å². The van der Waals surface area contributed by atoms with E-state index >= 15 is 0 Å². The van der Waals surface area contributed by atoms with Crippen molar-refractivity contribution >= 4 is 17.7 Å². The number of thioether (sulfide) groups is 1. The predicted molar refractivity (Wildman–Crippen MR) is 90.7 cm³/mol. The summed E-state index contributed by atoms with van der Waals surface area (Å²) in [6, 6.07) is 0. The standard InChI is InChI=1S/C17H32F2O2S/c1-5-7-11-21-16(20)15(13-14(3)4)22-12-9-8-10-17(18,19)6-2/h14-15H,5-13H2,1-4H3. The van der Waals surface area contributed by atoms with Crippen LogP contribution >= 0.6 is 11.8 Å². The lowest BCUT2D eigenvalue weighted by Gasteiger charge is -2.18. The van der Waals surface area contributed by atoms with Gasteiger partial charge in [-0.05, 0) is 37.4 Å². The Morgan fingerprint density at radius 3 is 2.41 bits per heavy atom. The summed E-state index contributed by atoms with van der Waals surface area (Å²) in [4.78, 5) is 12.1. The maximum atomic E-state index is 13.1. The molecule has 0 aliphatic rings. The van der Waals surface area contributed by atoms with Crippen molar-refractivity contribution in [2.45, 2.75) is 83.8 Å². The van der Waals surface area contributed by atoms with Crippen molar-refractivity contribution in [3.8, 4) is 0 Å². The Morgan fingerprint density at radius 2 is 1.86 bits per heavy atom. The van der Waals surface area contributed by atoms with E-state index in [2.05, 4.69) is 20.8 Å². The lowest BCUT2D eigenvalue weighted by Crippen LogP contribution is -2.23. The highest BCUT2D eigenvalue weighted by Crippen LogP contribution is 2.27. The molecule has 2 nitrogen and oxygen atoms in total. The van der Waals surface area contributed by atoms with Gasteiger partial charge in [0.05, 0.1) is 6.61 Å². The Bertz CT molecular complexity index is 296. The molecule has 1 atom stereocenters. The van der Waals surface area contributed by atoms with Crippen LogP contribution in [-0.4, -0.2) is 29.5 Å². The monoisotopic (exact) mass is 338 g/mol. The van der Waals surface area contributed by atoms with Crippen LogP contribution < -0.4 is 0 Å². The molecule has 0 aromatic rings. The molecule has 0 aromatic heterocycles. The Labute approximate surface area is 138 Å². The van der Waals surface area contributed by atoms with Crippen molar-refractivity contribution in [1.29, 1.82) is 0 Å². The molecule has 0 saturated heterocycles. The van der Waals surface area contributed by atoms with E-state index in [1.165, 1.54) is 6.92 Å². The third kappa shape index (κ3) is 11.3. The molecular formula is C17H32F2O2S. The molecule has 0 bridgehead atoms. The second-order valence-electron chi connectivity index (χ2n) is 6.18. The highest BCUT2D eigenvalue weighted by molar-refractivity contribution is 8.00. The van der Waals surface area contributed by atoms with Crippen LogP contribution in [-0.2, 0) is 9.53 Å². The minimum absolute atomic E-state index is 0.0557. The molecule has 0 heterocycles. The highest BCUT2D eigenvalue weighted by Gasteiger charge is 2.25. The average molecular weight is 339 g/mol. The summed E-state index contributed by atoms with van der Waals surface area (Å²) in [6.45, 7) is 8.20. The van der Waals surface area contributed by atoms with Crippen molar-refractivity contribution in [1.82, 2.24) is 0 Å². The Morgan fingerprint density at radius 1 is 1.18 bits per heavy atom. The van der Waals surface area contributed by atoms with Crippen molar-refractivity contribution in [3.05, 3.63) is 0 Å². The number of alkyl halides is 2. The lowest BCUT2D eigenvalue weighted by atomic mass is 10.1. The smallest absolute Gasteiger partial charge is 0.319 e. The summed E-state index contributed by atoms with van der Waals surface area (Å²) in [5, 5.41) is -0.163. The highest BCUT2D eigenvalue weighted by atomic mass is 32.2. The molecule has 0 aliphatic carbocycles. The van der Waals surface area contributed by atoms with Gasteiger partial charge in [-0.15, -0.1) is 11.8 Å². The Kier molecular flexibility index (Phi) is 12.0. The number of carbonyl (C=O) groups excluding carboxylic acids is 1. The fraction of sp³-hybridized carbons (Fsp3) is 0.941. The zero-order valence-electron chi connectivity index (χ0n) is 14.5. The minimum atomic E-state index is -2.54. The first-order valence-electron chi connectivity index (χ1n) is 8.48. The Hall–Kier alpha value is -0.320.